The Morgan fingerprint density at radius 1 is 0.920 bits per heavy atom. The number of hydrogen-bond donors (Lipinski definition) is 0. The second-order valence-corrected chi connectivity index (χ2v) is 12.0. The Kier molecular flexibility index (Phi) is 12.8. The summed E-state index contributed by atoms with van der Waals surface area (Å²) < 4.78 is 52.3. The van der Waals surface area contributed by atoms with Crippen molar-refractivity contribution in [1.29, 1.82) is 0 Å². The van der Waals surface area contributed by atoms with Gasteiger partial charge in [-0.15, -0.1) is 29.9 Å². The summed E-state index contributed by atoms with van der Waals surface area (Å²) in [5.74, 6) is -1.48. The molecule has 2 saturated heterocycles. The number of methoxy groups -OCH3 is 1. The highest BCUT2D eigenvalue weighted by Gasteiger charge is 2.43. The summed E-state index contributed by atoms with van der Waals surface area (Å²) in [7, 11) is 1.52. The van der Waals surface area contributed by atoms with Crippen molar-refractivity contribution in [1.82, 2.24) is 34.9 Å². The molecule has 6 rings (SSSR count). The van der Waals surface area contributed by atoms with Gasteiger partial charge in [-0.2, -0.15) is 17.9 Å². The first-order valence-electron chi connectivity index (χ1n) is 15.6. The molecular formula is C34H38Cl2F3N7O4. The molecule has 11 nitrogen and oxygen atoms in total. The minimum absolute atomic E-state index is 0. The van der Waals surface area contributed by atoms with Crippen LogP contribution in [-0.2, 0) is 27.0 Å². The second-order valence-electron chi connectivity index (χ2n) is 12.0. The number of tetrazole rings is 1. The third-order valence-corrected chi connectivity index (χ3v) is 8.95. The van der Waals surface area contributed by atoms with Gasteiger partial charge in [-0.3, -0.25) is 19.4 Å². The number of alkyl halides is 3. The molecular weight excluding hydrogens is 698 g/mol. The lowest BCUT2D eigenvalue weighted by Gasteiger charge is -2.53. The molecule has 50 heavy (non-hydrogen) atoms. The number of amides is 1. The summed E-state index contributed by atoms with van der Waals surface area (Å²) in [5.41, 5.74) is 3.13. The average molecular weight is 737 g/mol. The third-order valence-electron chi connectivity index (χ3n) is 8.95. The predicted molar refractivity (Wildman–Crippen MR) is 183 cm³/mol. The van der Waals surface area contributed by atoms with E-state index in [0.717, 1.165) is 11.1 Å². The van der Waals surface area contributed by atoms with Gasteiger partial charge in [0, 0.05) is 69.8 Å². The molecule has 4 aromatic rings. The Morgan fingerprint density at radius 2 is 1.58 bits per heavy atom. The van der Waals surface area contributed by atoms with Gasteiger partial charge >= 0.3 is 12.1 Å². The van der Waals surface area contributed by atoms with E-state index in [1.807, 2.05) is 36.4 Å². The first kappa shape index (κ1) is 38.6. The van der Waals surface area contributed by atoms with Crippen LogP contribution in [0.2, 0.25) is 0 Å². The molecule has 2 atom stereocenters. The van der Waals surface area contributed by atoms with Crippen molar-refractivity contribution >= 4 is 36.7 Å². The van der Waals surface area contributed by atoms with Crippen LogP contribution in [-0.4, -0.2) is 105 Å². The zero-order valence-electron chi connectivity index (χ0n) is 27.4. The fourth-order valence-corrected chi connectivity index (χ4v) is 6.87. The first-order valence-corrected chi connectivity index (χ1v) is 15.6. The minimum atomic E-state index is -4.74. The van der Waals surface area contributed by atoms with E-state index in [9.17, 15) is 22.8 Å². The summed E-state index contributed by atoms with van der Waals surface area (Å²) >= 11 is 0. The van der Waals surface area contributed by atoms with Crippen LogP contribution in [0.1, 0.15) is 35.4 Å². The summed E-state index contributed by atoms with van der Waals surface area (Å²) in [6, 6.07) is 25.2. The van der Waals surface area contributed by atoms with Crippen LogP contribution in [0.4, 0.5) is 13.2 Å². The number of hydrogen-bond acceptors (Lipinski definition) is 9. The van der Waals surface area contributed by atoms with Gasteiger partial charge in [-0.05, 0) is 39.8 Å². The monoisotopic (exact) mass is 735 g/mol. The summed E-state index contributed by atoms with van der Waals surface area (Å²) in [4.78, 5) is 30.9. The topological polar surface area (TPSA) is 106 Å². The van der Waals surface area contributed by atoms with E-state index in [2.05, 4.69) is 49.6 Å². The number of carbonyl (C=O) groups is 2. The van der Waals surface area contributed by atoms with Gasteiger partial charge in [0.25, 0.3) is 11.7 Å². The molecule has 3 heterocycles. The number of esters is 1. The van der Waals surface area contributed by atoms with Gasteiger partial charge in [-0.1, -0.05) is 60.7 Å². The zero-order valence-corrected chi connectivity index (χ0v) is 29.0. The highest BCUT2D eigenvalue weighted by Crippen LogP contribution is 2.37. The molecule has 0 N–H and O–H groups in total. The van der Waals surface area contributed by atoms with Crippen molar-refractivity contribution in [2.45, 2.75) is 37.6 Å². The summed E-state index contributed by atoms with van der Waals surface area (Å²) in [6.07, 6.45) is -4.74. The Bertz CT molecular complexity index is 1690. The fourth-order valence-electron chi connectivity index (χ4n) is 6.87. The van der Waals surface area contributed by atoms with Crippen LogP contribution in [0, 0.1) is 0 Å². The number of ether oxygens (including phenoxy) is 2. The van der Waals surface area contributed by atoms with Crippen molar-refractivity contribution in [3.63, 3.8) is 0 Å². The predicted octanol–water partition coefficient (Wildman–Crippen LogP) is 4.63. The number of nitrogens with zero attached hydrogens (tertiary/aromatic N) is 7. The summed E-state index contributed by atoms with van der Waals surface area (Å²) in [5, 5.41) is 10.1. The largest absolute Gasteiger partial charge is 0.496 e. The SMILES string of the molecule is COc1ccc(-n2nnnc2C(F)(F)F)cc1CN1CC2CN(C(=O)COC(C)=O)CCN2C(C(c2ccccc2)c2ccccc2)C1.Cl.Cl. The van der Waals surface area contributed by atoms with E-state index in [4.69, 9.17) is 9.47 Å². The van der Waals surface area contributed by atoms with Crippen LogP contribution >= 0.6 is 24.8 Å². The van der Waals surface area contributed by atoms with Crippen molar-refractivity contribution in [3.8, 4) is 11.4 Å². The smallest absolute Gasteiger partial charge is 0.453 e. The molecule has 1 aromatic heterocycles. The third kappa shape index (κ3) is 8.55. The Morgan fingerprint density at radius 3 is 2.18 bits per heavy atom. The van der Waals surface area contributed by atoms with Crippen LogP contribution in [0.5, 0.6) is 5.75 Å². The number of rotatable bonds is 9. The number of benzene rings is 3. The Hall–Kier alpha value is -4.24. The molecule has 2 fully saturated rings. The van der Waals surface area contributed by atoms with Crippen molar-refractivity contribution in [3.05, 3.63) is 101 Å². The lowest BCUT2D eigenvalue weighted by atomic mass is 9.81. The zero-order chi connectivity index (χ0) is 33.8. The van der Waals surface area contributed by atoms with Crippen molar-refractivity contribution < 1.29 is 32.2 Å². The van der Waals surface area contributed by atoms with Crippen molar-refractivity contribution in [2.24, 2.45) is 0 Å². The molecule has 268 valence electrons. The number of aromatic nitrogens is 4. The van der Waals surface area contributed by atoms with Gasteiger partial charge in [0.1, 0.15) is 5.75 Å². The van der Waals surface area contributed by atoms with Crippen LogP contribution in [0.15, 0.2) is 78.9 Å². The maximum absolute atomic E-state index is 13.7. The molecule has 0 radical (unpaired) electrons. The minimum Gasteiger partial charge on any atom is -0.496 e. The van der Waals surface area contributed by atoms with Crippen LogP contribution < -0.4 is 4.74 Å². The van der Waals surface area contributed by atoms with E-state index in [0.29, 0.717) is 55.3 Å². The lowest BCUT2D eigenvalue weighted by molar-refractivity contribution is -0.152. The molecule has 2 aliphatic heterocycles. The molecule has 2 unspecified atom stereocenters. The quantitative estimate of drug-likeness (QED) is 0.228. The highest BCUT2D eigenvalue weighted by molar-refractivity contribution is 5.85. The number of carbonyl (C=O) groups excluding carboxylic acids is 2. The average Bonchev–Trinajstić information content (AvgIpc) is 3.59. The molecule has 0 aliphatic carbocycles. The molecule has 1 amide bonds. The Balaban J connectivity index is 0.00000281. The van der Waals surface area contributed by atoms with E-state index in [-0.39, 0.29) is 61.0 Å². The van der Waals surface area contributed by atoms with Gasteiger partial charge in [0.15, 0.2) is 6.61 Å². The van der Waals surface area contributed by atoms with Crippen molar-refractivity contribution in [2.75, 3.05) is 46.4 Å². The van der Waals surface area contributed by atoms with Gasteiger partial charge < -0.3 is 14.4 Å². The maximum Gasteiger partial charge on any atom is 0.453 e. The summed E-state index contributed by atoms with van der Waals surface area (Å²) in [6.45, 7) is 4.09. The van der Waals surface area contributed by atoms with E-state index in [1.54, 1.807) is 17.0 Å². The van der Waals surface area contributed by atoms with Gasteiger partial charge in [-0.25, -0.2) is 0 Å². The number of halogens is 5. The molecule has 3 aromatic carbocycles. The Labute approximate surface area is 300 Å². The molecule has 2 aliphatic rings. The second kappa shape index (κ2) is 16.6. The first-order chi connectivity index (χ1) is 23.1. The standard InChI is InChI=1S/C34H36F3N7O4.2ClH/c1-23(45)48-22-31(46)42-15-16-43-28(20-42)19-41(21-29(43)32(24-9-5-3-6-10-24)25-11-7-4-8-12-25)18-26-17-27(13-14-30(26)47-2)44-33(34(35,36)37)38-39-40-44;;/h3-14,17,28-29,32H,15-16,18-22H2,1-2H3;2*1H. The van der Waals surface area contributed by atoms with Gasteiger partial charge in [0.2, 0.25) is 0 Å². The number of piperazine rings is 2. The van der Waals surface area contributed by atoms with E-state index >= 15 is 0 Å². The van der Waals surface area contributed by atoms with Crippen LogP contribution in [0.25, 0.3) is 5.69 Å². The fraction of sp³-hybridized carbons (Fsp3) is 0.382. The molecule has 0 saturated carbocycles. The van der Waals surface area contributed by atoms with E-state index in [1.165, 1.54) is 20.1 Å². The van der Waals surface area contributed by atoms with Crippen LogP contribution in [0.3, 0.4) is 0 Å². The molecule has 0 bridgehead atoms. The molecule has 16 heteroatoms. The lowest BCUT2D eigenvalue weighted by Crippen LogP contribution is -2.67. The van der Waals surface area contributed by atoms with Gasteiger partial charge in [0.05, 0.1) is 12.8 Å². The molecule has 0 spiro atoms. The normalized spacial score (nSPS) is 18.1. The number of fused-ring (bicyclic) bond motifs is 1. The maximum atomic E-state index is 13.7. The highest BCUT2D eigenvalue weighted by atomic mass is 35.5. The van der Waals surface area contributed by atoms with E-state index < -0.39 is 18.0 Å².